The standard InChI is InChI=1S/C26H22FN3O3/c27-20-7-5-18(6-8-20)25(31)28-21-9-11-22(12-10-21)29-13-15-30(16-14-29)26(32)24-17-19-3-1-2-4-23(19)33-24/h1-12,17H,13-16H2,(H,28,31). The highest BCUT2D eigenvalue weighted by Gasteiger charge is 2.24. The first kappa shape index (κ1) is 20.8. The van der Waals surface area contributed by atoms with Gasteiger partial charge in [0.15, 0.2) is 5.76 Å². The van der Waals surface area contributed by atoms with Crippen molar-refractivity contribution in [3.05, 3.63) is 96.0 Å². The largest absolute Gasteiger partial charge is 0.451 e. The van der Waals surface area contributed by atoms with Crippen LogP contribution in [-0.4, -0.2) is 42.9 Å². The van der Waals surface area contributed by atoms with E-state index in [9.17, 15) is 14.0 Å². The minimum absolute atomic E-state index is 0.0929. The van der Waals surface area contributed by atoms with Crippen LogP contribution in [0, 0.1) is 5.82 Å². The quantitative estimate of drug-likeness (QED) is 0.493. The van der Waals surface area contributed by atoms with Gasteiger partial charge in [0.1, 0.15) is 11.4 Å². The van der Waals surface area contributed by atoms with E-state index in [4.69, 9.17) is 4.42 Å². The molecule has 6 nitrogen and oxygen atoms in total. The summed E-state index contributed by atoms with van der Waals surface area (Å²) in [7, 11) is 0. The highest BCUT2D eigenvalue weighted by atomic mass is 19.1. The molecule has 2 heterocycles. The van der Waals surface area contributed by atoms with Crippen LogP contribution in [0.1, 0.15) is 20.9 Å². The molecule has 4 aromatic rings. The third-order valence-electron chi connectivity index (χ3n) is 5.80. The number of amides is 2. The lowest BCUT2D eigenvalue weighted by Crippen LogP contribution is -2.48. The maximum absolute atomic E-state index is 13.0. The van der Waals surface area contributed by atoms with Crippen LogP contribution in [0.25, 0.3) is 11.0 Å². The molecule has 33 heavy (non-hydrogen) atoms. The van der Waals surface area contributed by atoms with Gasteiger partial charge in [0.05, 0.1) is 0 Å². The number of para-hydroxylation sites is 1. The van der Waals surface area contributed by atoms with Crippen molar-refractivity contribution in [2.45, 2.75) is 0 Å². The first-order valence-electron chi connectivity index (χ1n) is 10.8. The van der Waals surface area contributed by atoms with Gasteiger partial charge in [-0.1, -0.05) is 18.2 Å². The Balaban J connectivity index is 1.18. The van der Waals surface area contributed by atoms with Gasteiger partial charge >= 0.3 is 0 Å². The fraction of sp³-hybridized carbons (Fsp3) is 0.154. The topological polar surface area (TPSA) is 65.8 Å². The van der Waals surface area contributed by atoms with Gasteiger partial charge in [-0.15, -0.1) is 0 Å². The summed E-state index contributed by atoms with van der Waals surface area (Å²) in [5.41, 5.74) is 2.79. The lowest BCUT2D eigenvalue weighted by Gasteiger charge is -2.35. The molecule has 1 saturated heterocycles. The molecule has 1 fully saturated rings. The minimum atomic E-state index is -0.379. The zero-order valence-corrected chi connectivity index (χ0v) is 17.8. The van der Waals surface area contributed by atoms with E-state index >= 15 is 0 Å². The van der Waals surface area contributed by atoms with E-state index < -0.39 is 0 Å². The number of carbonyl (C=O) groups is 2. The molecule has 1 aliphatic rings. The molecule has 166 valence electrons. The normalized spacial score (nSPS) is 13.8. The van der Waals surface area contributed by atoms with Crippen molar-refractivity contribution in [2.24, 2.45) is 0 Å². The molecule has 1 aromatic heterocycles. The molecule has 0 atom stereocenters. The van der Waals surface area contributed by atoms with E-state index in [1.807, 2.05) is 53.4 Å². The van der Waals surface area contributed by atoms with E-state index in [-0.39, 0.29) is 17.6 Å². The number of furan rings is 1. The van der Waals surface area contributed by atoms with Gasteiger partial charge < -0.3 is 19.5 Å². The Morgan fingerprint density at radius 3 is 2.24 bits per heavy atom. The summed E-state index contributed by atoms with van der Waals surface area (Å²) in [6, 6.07) is 22.4. The molecule has 0 aliphatic carbocycles. The number of nitrogens with zero attached hydrogens (tertiary/aromatic N) is 2. The third kappa shape index (κ3) is 4.43. The maximum atomic E-state index is 13.0. The molecule has 1 N–H and O–H groups in total. The second-order valence-corrected chi connectivity index (χ2v) is 7.94. The fourth-order valence-electron chi connectivity index (χ4n) is 3.97. The van der Waals surface area contributed by atoms with Gasteiger partial charge in [0, 0.05) is 48.5 Å². The molecular formula is C26H22FN3O3. The van der Waals surface area contributed by atoms with E-state index in [0.717, 1.165) is 11.1 Å². The Hall–Kier alpha value is -4.13. The van der Waals surface area contributed by atoms with Crippen LogP contribution in [0.3, 0.4) is 0 Å². The van der Waals surface area contributed by atoms with E-state index in [1.54, 1.807) is 6.07 Å². The van der Waals surface area contributed by atoms with Crippen LogP contribution in [-0.2, 0) is 0 Å². The fourth-order valence-corrected chi connectivity index (χ4v) is 3.97. The molecule has 0 spiro atoms. The van der Waals surface area contributed by atoms with Crippen molar-refractivity contribution >= 4 is 34.2 Å². The van der Waals surface area contributed by atoms with Gasteiger partial charge in [0.2, 0.25) is 0 Å². The molecular weight excluding hydrogens is 421 g/mol. The Morgan fingerprint density at radius 1 is 0.848 bits per heavy atom. The van der Waals surface area contributed by atoms with Gasteiger partial charge in [-0.2, -0.15) is 0 Å². The Morgan fingerprint density at radius 2 is 1.55 bits per heavy atom. The zero-order chi connectivity index (χ0) is 22.8. The summed E-state index contributed by atoms with van der Waals surface area (Å²) in [4.78, 5) is 29.2. The number of anilines is 2. The number of halogens is 1. The molecule has 0 radical (unpaired) electrons. The van der Waals surface area contributed by atoms with Crippen molar-refractivity contribution < 1.29 is 18.4 Å². The summed E-state index contributed by atoms with van der Waals surface area (Å²) >= 11 is 0. The Labute approximate surface area is 190 Å². The van der Waals surface area contributed by atoms with Crippen LogP contribution in [0.5, 0.6) is 0 Å². The monoisotopic (exact) mass is 443 g/mol. The maximum Gasteiger partial charge on any atom is 0.289 e. The SMILES string of the molecule is O=C(Nc1ccc(N2CCN(C(=O)c3cc4ccccc4o3)CC2)cc1)c1ccc(F)cc1. The molecule has 7 heteroatoms. The van der Waals surface area contributed by atoms with Crippen molar-refractivity contribution in [1.82, 2.24) is 4.90 Å². The third-order valence-corrected chi connectivity index (χ3v) is 5.80. The number of rotatable bonds is 4. The molecule has 1 aliphatic heterocycles. The zero-order valence-electron chi connectivity index (χ0n) is 17.8. The average Bonchev–Trinajstić information content (AvgIpc) is 3.29. The van der Waals surface area contributed by atoms with Gasteiger partial charge in [-0.05, 0) is 60.7 Å². The molecule has 0 bridgehead atoms. The second kappa shape index (κ2) is 8.78. The minimum Gasteiger partial charge on any atom is -0.451 e. The van der Waals surface area contributed by atoms with E-state index in [0.29, 0.717) is 48.8 Å². The van der Waals surface area contributed by atoms with Crippen LogP contribution < -0.4 is 10.2 Å². The average molecular weight is 443 g/mol. The summed E-state index contributed by atoms with van der Waals surface area (Å²) in [5, 5.41) is 3.74. The summed E-state index contributed by atoms with van der Waals surface area (Å²) in [6.07, 6.45) is 0. The first-order chi connectivity index (χ1) is 16.1. The van der Waals surface area contributed by atoms with Crippen molar-refractivity contribution in [3.63, 3.8) is 0 Å². The Bertz CT molecular complexity index is 1260. The molecule has 0 saturated carbocycles. The van der Waals surface area contributed by atoms with Crippen LogP contribution in [0.4, 0.5) is 15.8 Å². The number of hydrogen-bond donors (Lipinski definition) is 1. The number of nitrogens with one attached hydrogen (secondary N) is 1. The van der Waals surface area contributed by atoms with Gasteiger partial charge in [-0.25, -0.2) is 4.39 Å². The smallest absolute Gasteiger partial charge is 0.289 e. The van der Waals surface area contributed by atoms with Crippen LogP contribution in [0.15, 0.2) is 83.3 Å². The summed E-state index contributed by atoms with van der Waals surface area (Å²) in [6.45, 7) is 2.60. The van der Waals surface area contributed by atoms with Crippen LogP contribution >= 0.6 is 0 Å². The molecule has 2 amide bonds. The number of hydrogen-bond acceptors (Lipinski definition) is 4. The van der Waals surface area contributed by atoms with Crippen molar-refractivity contribution in [1.29, 1.82) is 0 Å². The number of piperazine rings is 1. The second-order valence-electron chi connectivity index (χ2n) is 7.94. The van der Waals surface area contributed by atoms with Crippen molar-refractivity contribution in [2.75, 3.05) is 36.4 Å². The number of benzene rings is 3. The molecule has 0 unspecified atom stereocenters. The number of carbonyl (C=O) groups excluding carboxylic acids is 2. The highest BCUT2D eigenvalue weighted by Crippen LogP contribution is 2.23. The Kier molecular flexibility index (Phi) is 5.52. The summed E-state index contributed by atoms with van der Waals surface area (Å²) in [5.74, 6) is -0.397. The first-order valence-corrected chi connectivity index (χ1v) is 10.8. The molecule has 3 aromatic carbocycles. The predicted octanol–water partition coefficient (Wildman–Crippen LogP) is 4.79. The van der Waals surface area contributed by atoms with E-state index in [1.165, 1.54) is 24.3 Å². The lowest BCUT2D eigenvalue weighted by molar-refractivity contribution is 0.0717. The van der Waals surface area contributed by atoms with Gasteiger partial charge in [-0.3, -0.25) is 9.59 Å². The van der Waals surface area contributed by atoms with Gasteiger partial charge in [0.25, 0.3) is 11.8 Å². The molecule has 5 rings (SSSR count). The highest BCUT2D eigenvalue weighted by molar-refractivity contribution is 6.04. The predicted molar refractivity (Wildman–Crippen MR) is 125 cm³/mol. The lowest BCUT2D eigenvalue weighted by atomic mass is 10.2. The van der Waals surface area contributed by atoms with E-state index in [2.05, 4.69) is 10.2 Å². The summed E-state index contributed by atoms with van der Waals surface area (Å²) < 4.78 is 18.8. The number of fused-ring (bicyclic) bond motifs is 1. The van der Waals surface area contributed by atoms with Crippen molar-refractivity contribution in [3.8, 4) is 0 Å². The van der Waals surface area contributed by atoms with Crippen LogP contribution in [0.2, 0.25) is 0 Å².